The van der Waals surface area contributed by atoms with Gasteiger partial charge in [0.15, 0.2) is 0 Å². The van der Waals surface area contributed by atoms with Crippen LogP contribution in [0.25, 0.3) is 0 Å². The number of quaternary nitrogens is 1. The lowest BCUT2D eigenvalue weighted by molar-refractivity contribution is -0.849. The predicted octanol–water partition coefficient (Wildman–Crippen LogP) is 2.73. The first-order valence-electron chi connectivity index (χ1n) is 8.83. The Bertz CT molecular complexity index is 243. The number of aliphatic hydroxyl groups excluding tert-OH is 1. The van der Waals surface area contributed by atoms with E-state index in [1.807, 2.05) is 0 Å². The van der Waals surface area contributed by atoms with Crippen molar-refractivity contribution >= 4 is 5.97 Å². The SMILES string of the molecule is CCCCCCCCCCCC(O)CC(=O)[O-].C[N+](C)(C)C. The van der Waals surface area contributed by atoms with Crippen LogP contribution in [0.5, 0.6) is 0 Å². The van der Waals surface area contributed by atoms with Gasteiger partial charge in [-0.05, 0) is 6.42 Å². The van der Waals surface area contributed by atoms with E-state index in [9.17, 15) is 15.0 Å². The molecule has 0 fully saturated rings. The fourth-order valence-corrected chi connectivity index (χ4v) is 1.99. The van der Waals surface area contributed by atoms with Gasteiger partial charge in [-0.15, -0.1) is 0 Å². The van der Waals surface area contributed by atoms with E-state index in [0.717, 1.165) is 17.3 Å². The second-order valence-electron chi connectivity index (χ2n) is 7.53. The van der Waals surface area contributed by atoms with Crippen LogP contribution in [0.3, 0.4) is 0 Å². The number of carboxylic acids is 1. The molecule has 0 spiro atoms. The van der Waals surface area contributed by atoms with E-state index in [2.05, 4.69) is 35.1 Å². The van der Waals surface area contributed by atoms with Gasteiger partial charge in [0.25, 0.3) is 0 Å². The minimum atomic E-state index is -1.16. The average molecular weight is 318 g/mol. The van der Waals surface area contributed by atoms with Crippen LogP contribution in [0.1, 0.15) is 77.6 Å². The molecule has 0 bridgehead atoms. The van der Waals surface area contributed by atoms with E-state index < -0.39 is 12.1 Å². The Hall–Kier alpha value is -0.610. The Morgan fingerprint density at radius 3 is 1.64 bits per heavy atom. The molecule has 0 saturated carbocycles. The molecule has 0 aromatic heterocycles. The van der Waals surface area contributed by atoms with Crippen LogP contribution in [0, 0.1) is 0 Å². The van der Waals surface area contributed by atoms with Crippen molar-refractivity contribution in [1.82, 2.24) is 0 Å². The summed E-state index contributed by atoms with van der Waals surface area (Å²) in [4.78, 5) is 10.2. The van der Waals surface area contributed by atoms with Gasteiger partial charge in [0.2, 0.25) is 0 Å². The molecular formula is C18H39NO3. The Kier molecular flexibility index (Phi) is 16.4. The molecule has 0 saturated heterocycles. The third kappa shape index (κ3) is 31.7. The molecule has 0 heterocycles. The highest BCUT2D eigenvalue weighted by molar-refractivity contribution is 5.64. The minimum absolute atomic E-state index is 0.225. The van der Waals surface area contributed by atoms with Crippen molar-refractivity contribution in [1.29, 1.82) is 0 Å². The number of unbranched alkanes of at least 4 members (excludes halogenated alkanes) is 8. The summed E-state index contributed by atoms with van der Waals surface area (Å²) in [5.41, 5.74) is 0. The zero-order valence-electron chi connectivity index (χ0n) is 15.6. The largest absolute Gasteiger partial charge is 0.550 e. The average Bonchev–Trinajstić information content (AvgIpc) is 2.34. The minimum Gasteiger partial charge on any atom is -0.550 e. The lowest BCUT2D eigenvalue weighted by Gasteiger charge is -2.14. The molecule has 0 aliphatic carbocycles. The molecule has 0 rings (SSSR count). The summed E-state index contributed by atoms with van der Waals surface area (Å²) in [5, 5.41) is 19.5. The van der Waals surface area contributed by atoms with Crippen molar-refractivity contribution in [3.05, 3.63) is 0 Å². The molecule has 4 heteroatoms. The zero-order chi connectivity index (χ0) is 17.4. The molecule has 22 heavy (non-hydrogen) atoms. The van der Waals surface area contributed by atoms with Crippen LogP contribution >= 0.6 is 0 Å². The zero-order valence-corrected chi connectivity index (χ0v) is 15.6. The summed E-state index contributed by atoms with van der Waals surface area (Å²) in [7, 11) is 8.50. The first-order chi connectivity index (χ1) is 10.2. The number of carbonyl (C=O) groups is 1. The van der Waals surface area contributed by atoms with Crippen molar-refractivity contribution in [2.24, 2.45) is 0 Å². The molecule has 134 valence electrons. The molecule has 1 N–H and O–H groups in total. The van der Waals surface area contributed by atoms with E-state index in [1.165, 1.54) is 44.9 Å². The highest BCUT2D eigenvalue weighted by atomic mass is 16.4. The molecule has 0 aromatic rings. The highest BCUT2D eigenvalue weighted by Gasteiger charge is 2.03. The van der Waals surface area contributed by atoms with Crippen molar-refractivity contribution in [2.75, 3.05) is 28.2 Å². The van der Waals surface area contributed by atoms with Crippen LogP contribution < -0.4 is 5.11 Å². The Labute approximate surface area is 138 Å². The number of hydrogen-bond acceptors (Lipinski definition) is 3. The van der Waals surface area contributed by atoms with Gasteiger partial charge in [0.05, 0.1) is 34.3 Å². The van der Waals surface area contributed by atoms with Crippen molar-refractivity contribution in [2.45, 2.75) is 83.7 Å². The first kappa shape index (κ1) is 23.7. The fraction of sp³-hybridized carbons (Fsp3) is 0.944. The van der Waals surface area contributed by atoms with Gasteiger partial charge in [-0.1, -0.05) is 64.7 Å². The summed E-state index contributed by atoms with van der Waals surface area (Å²) >= 11 is 0. The number of carboxylic acid groups (broad SMARTS) is 1. The normalized spacial score (nSPS) is 12.5. The first-order valence-corrected chi connectivity index (χ1v) is 8.83. The molecule has 0 aromatic carbocycles. The summed E-state index contributed by atoms with van der Waals surface area (Å²) in [6.45, 7) is 2.22. The summed E-state index contributed by atoms with van der Waals surface area (Å²) in [5.74, 6) is -1.16. The fourth-order valence-electron chi connectivity index (χ4n) is 1.99. The summed E-state index contributed by atoms with van der Waals surface area (Å²) in [6.07, 6.45) is 10.7. The number of rotatable bonds is 12. The predicted molar refractivity (Wildman–Crippen MR) is 91.4 cm³/mol. The van der Waals surface area contributed by atoms with Crippen LogP contribution in [-0.4, -0.2) is 49.9 Å². The van der Waals surface area contributed by atoms with Crippen LogP contribution in [0.4, 0.5) is 0 Å². The Balaban J connectivity index is 0. The smallest absolute Gasteiger partial charge is 0.0675 e. The van der Waals surface area contributed by atoms with Gasteiger partial charge < -0.3 is 19.5 Å². The van der Waals surface area contributed by atoms with Crippen LogP contribution in [-0.2, 0) is 4.79 Å². The standard InChI is InChI=1S/C14H28O3.C4H12N/c1-2-3-4-5-6-7-8-9-10-11-13(15)12-14(16)17;1-5(2,3)4/h13,15H,2-12H2,1H3,(H,16,17);1-4H3/q;+1/p-1. The van der Waals surface area contributed by atoms with E-state index in [4.69, 9.17) is 0 Å². The second-order valence-corrected chi connectivity index (χ2v) is 7.53. The van der Waals surface area contributed by atoms with Crippen molar-refractivity contribution in [3.63, 3.8) is 0 Å². The van der Waals surface area contributed by atoms with Crippen LogP contribution in [0.2, 0.25) is 0 Å². The molecule has 0 aliphatic rings. The van der Waals surface area contributed by atoms with Crippen molar-refractivity contribution < 1.29 is 19.5 Å². The molecule has 0 radical (unpaired) electrons. The maximum absolute atomic E-state index is 10.2. The Morgan fingerprint density at radius 1 is 0.909 bits per heavy atom. The maximum Gasteiger partial charge on any atom is 0.0675 e. The Morgan fingerprint density at radius 2 is 1.27 bits per heavy atom. The number of carbonyl (C=O) groups excluding carboxylic acids is 1. The third-order valence-electron chi connectivity index (χ3n) is 3.04. The van der Waals surface area contributed by atoms with Gasteiger partial charge in [-0.3, -0.25) is 0 Å². The third-order valence-corrected chi connectivity index (χ3v) is 3.04. The maximum atomic E-state index is 10.2. The van der Waals surface area contributed by atoms with Gasteiger partial charge in [0, 0.05) is 12.4 Å². The van der Waals surface area contributed by atoms with Crippen molar-refractivity contribution in [3.8, 4) is 0 Å². The van der Waals surface area contributed by atoms with Gasteiger partial charge in [0.1, 0.15) is 0 Å². The molecule has 0 aliphatic heterocycles. The highest BCUT2D eigenvalue weighted by Crippen LogP contribution is 2.12. The quantitative estimate of drug-likeness (QED) is 0.445. The number of nitrogens with zero attached hydrogens (tertiary/aromatic N) is 1. The summed E-state index contributed by atoms with van der Waals surface area (Å²) < 4.78 is 1.00. The van der Waals surface area contributed by atoms with Gasteiger partial charge >= 0.3 is 0 Å². The van der Waals surface area contributed by atoms with E-state index in [-0.39, 0.29) is 6.42 Å². The number of aliphatic carboxylic acids is 1. The van der Waals surface area contributed by atoms with E-state index >= 15 is 0 Å². The molecule has 4 nitrogen and oxygen atoms in total. The molecule has 1 atom stereocenters. The molecular weight excluding hydrogens is 278 g/mol. The topological polar surface area (TPSA) is 60.4 Å². The molecule has 0 amide bonds. The number of aliphatic hydroxyl groups is 1. The molecule has 1 unspecified atom stereocenters. The van der Waals surface area contributed by atoms with Gasteiger partial charge in [-0.25, -0.2) is 0 Å². The van der Waals surface area contributed by atoms with E-state index in [0.29, 0.717) is 6.42 Å². The lowest BCUT2D eigenvalue weighted by atomic mass is 10.0. The summed E-state index contributed by atoms with van der Waals surface area (Å²) in [6, 6.07) is 0. The van der Waals surface area contributed by atoms with Gasteiger partial charge in [-0.2, -0.15) is 0 Å². The monoisotopic (exact) mass is 317 g/mol. The lowest BCUT2D eigenvalue weighted by Crippen LogP contribution is -2.27. The van der Waals surface area contributed by atoms with Crippen LogP contribution in [0.15, 0.2) is 0 Å². The van der Waals surface area contributed by atoms with E-state index in [1.54, 1.807) is 0 Å². The number of hydrogen-bond donors (Lipinski definition) is 1. The second kappa shape index (κ2) is 15.3.